The van der Waals surface area contributed by atoms with Crippen LogP contribution in [0.3, 0.4) is 0 Å². The van der Waals surface area contributed by atoms with Crippen LogP contribution in [0.2, 0.25) is 0 Å². The molecule has 0 unspecified atom stereocenters. The Morgan fingerprint density at radius 3 is 2.30 bits per heavy atom. The second-order valence-corrected chi connectivity index (χ2v) is 4.13. The maximum atomic E-state index is 13.1. The zero-order chi connectivity index (χ0) is 15.3. The molecule has 0 aliphatic rings. The van der Waals surface area contributed by atoms with E-state index >= 15 is 0 Å². The van der Waals surface area contributed by atoms with Gasteiger partial charge in [-0.15, -0.1) is 0 Å². The topological polar surface area (TPSA) is 133 Å². The SMILES string of the molecule is O=C(NC(CO)(CO)CO)c1ccc(F)c([N+](=O)[O-])c1. The summed E-state index contributed by atoms with van der Waals surface area (Å²) in [5, 5.41) is 39.9. The number of carbonyl (C=O) groups is 1. The summed E-state index contributed by atoms with van der Waals surface area (Å²) in [4.78, 5) is 21.4. The number of nitrogens with zero attached hydrogens (tertiary/aromatic N) is 1. The first-order chi connectivity index (χ1) is 9.39. The maximum Gasteiger partial charge on any atom is 0.305 e. The van der Waals surface area contributed by atoms with E-state index in [1.807, 2.05) is 0 Å². The number of hydrogen-bond donors (Lipinski definition) is 4. The first kappa shape index (κ1) is 16.0. The summed E-state index contributed by atoms with van der Waals surface area (Å²) >= 11 is 0. The van der Waals surface area contributed by atoms with Gasteiger partial charge in [0, 0.05) is 11.6 Å². The molecule has 1 amide bonds. The van der Waals surface area contributed by atoms with Crippen molar-refractivity contribution in [2.24, 2.45) is 0 Å². The van der Waals surface area contributed by atoms with Gasteiger partial charge in [-0.2, -0.15) is 4.39 Å². The van der Waals surface area contributed by atoms with E-state index in [2.05, 4.69) is 5.32 Å². The highest BCUT2D eigenvalue weighted by molar-refractivity contribution is 5.95. The Labute approximate surface area is 112 Å². The third kappa shape index (κ3) is 3.26. The van der Waals surface area contributed by atoms with Crippen molar-refractivity contribution in [1.29, 1.82) is 0 Å². The minimum Gasteiger partial charge on any atom is -0.394 e. The Hall–Kier alpha value is -2.10. The van der Waals surface area contributed by atoms with Gasteiger partial charge in [0.15, 0.2) is 0 Å². The van der Waals surface area contributed by atoms with E-state index in [4.69, 9.17) is 15.3 Å². The molecule has 0 bridgehead atoms. The minimum atomic E-state index is -1.67. The zero-order valence-electron chi connectivity index (χ0n) is 10.2. The van der Waals surface area contributed by atoms with Crippen LogP contribution in [0.25, 0.3) is 0 Å². The molecule has 1 aromatic rings. The lowest BCUT2D eigenvalue weighted by Gasteiger charge is -2.28. The molecule has 0 aliphatic carbocycles. The van der Waals surface area contributed by atoms with E-state index < -0.39 is 47.7 Å². The van der Waals surface area contributed by atoms with Gasteiger partial charge in [0.25, 0.3) is 5.91 Å². The van der Waals surface area contributed by atoms with E-state index in [0.29, 0.717) is 0 Å². The van der Waals surface area contributed by atoms with Crippen LogP contribution in [0.15, 0.2) is 18.2 Å². The zero-order valence-corrected chi connectivity index (χ0v) is 10.2. The molecule has 20 heavy (non-hydrogen) atoms. The van der Waals surface area contributed by atoms with Crippen LogP contribution < -0.4 is 5.32 Å². The van der Waals surface area contributed by atoms with E-state index in [0.717, 1.165) is 18.2 Å². The largest absolute Gasteiger partial charge is 0.394 e. The number of halogens is 1. The fourth-order valence-corrected chi connectivity index (χ4v) is 1.38. The predicted octanol–water partition coefficient (Wildman–Crippen LogP) is -0.821. The molecule has 0 radical (unpaired) electrons. The van der Waals surface area contributed by atoms with Gasteiger partial charge in [0.2, 0.25) is 5.82 Å². The fraction of sp³-hybridized carbons (Fsp3) is 0.364. The molecule has 0 atom stereocenters. The average molecular weight is 288 g/mol. The van der Waals surface area contributed by atoms with Crippen molar-refractivity contribution in [3.63, 3.8) is 0 Å². The van der Waals surface area contributed by atoms with Gasteiger partial charge in [-0.25, -0.2) is 0 Å². The average Bonchev–Trinajstić information content (AvgIpc) is 2.45. The molecule has 9 heteroatoms. The Morgan fingerprint density at radius 1 is 1.30 bits per heavy atom. The quantitative estimate of drug-likeness (QED) is 0.399. The standard InChI is InChI=1S/C11H13FN2O6/c12-8-2-1-7(3-9(8)14(19)20)10(18)13-11(4-15,5-16)6-17/h1-3,15-17H,4-6H2,(H,13,18). The van der Waals surface area contributed by atoms with Crippen molar-refractivity contribution in [2.45, 2.75) is 5.54 Å². The lowest BCUT2D eigenvalue weighted by Crippen LogP contribution is -2.57. The monoisotopic (exact) mass is 288 g/mol. The molecule has 0 aliphatic heterocycles. The number of nitro groups is 1. The number of aliphatic hydroxyl groups is 3. The van der Waals surface area contributed by atoms with Crippen LogP contribution in [0.5, 0.6) is 0 Å². The summed E-state index contributed by atoms with van der Waals surface area (Å²) in [6.07, 6.45) is 0. The third-order valence-corrected chi connectivity index (χ3v) is 2.69. The molecule has 0 heterocycles. The van der Waals surface area contributed by atoms with Gasteiger partial charge in [-0.1, -0.05) is 0 Å². The number of hydrogen-bond acceptors (Lipinski definition) is 6. The highest BCUT2D eigenvalue weighted by Crippen LogP contribution is 2.19. The van der Waals surface area contributed by atoms with Gasteiger partial charge >= 0.3 is 5.69 Å². The van der Waals surface area contributed by atoms with Gasteiger partial charge in [0.1, 0.15) is 5.54 Å². The first-order valence-corrected chi connectivity index (χ1v) is 5.48. The fourth-order valence-electron chi connectivity index (χ4n) is 1.38. The van der Waals surface area contributed by atoms with Gasteiger partial charge in [0.05, 0.1) is 24.7 Å². The Bertz CT molecular complexity index is 509. The smallest absolute Gasteiger partial charge is 0.305 e. The van der Waals surface area contributed by atoms with Crippen molar-refractivity contribution in [2.75, 3.05) is 19.8 Å². The van der Waals surface area contributed by atoms with E-state index in [1.165, 1.54) is 0 Å². The Balaban J connectivity index is 3.04. The number of carbonyl (C=O) groups excluding carboxylic acids is 1. The summed E-state index contributed by atoms with van der Waals surface area (Å²) in [7, 11) is 0. The number of nitro benzene ring substituents is 1. The highest BCUT2D eigenvalue weighted by atomic mass is 19.1. The molecule has 4 N–H and O–H groups in total. The van der Waals surface area contributed by atoms with E-state index in [1.54, 1.807) is 0 Å². The summed E-state index contributed by atoms with van der Waals surface area (Å²) in [5.41, 5.74) is -2.78. The molecular formula is C11H13FN2O6. The molecule has 0 saturated heterocycles. The second kappa shape index (κ2) is 6.37. The van der Waals surface area contributed by atoms with Crippen LogP contribution in [0.4, 0.5) is 10.1 Å². The van der Waals surface area contributed by atoms with Crippen LogP contribution in [0.1, 0.15) is 10.4 Å². The molecule has 0 aromatic heterocycles. The molecule has 0 spiro atoms. The molecule has 0 saturated carbocycles. The minimum absolute atomic E-state index is 0.238. The van der Waals surface area contributed by atoms with Crippen molar-refractivity contribution in [3.8, 4) is 0 Å². The summed E-state index contributed by atoms with van der Waals surface area (Å²) in [6, 6.07) is 2.49. The number of benzene rings is 1. The molecular weight excluding hydrogens is 275 g/mol. The van der Waals surface area contributed by atoms with E-state index in [-0.39, 0.29) is 5.56 Å². The van der Waals surface area contributed by atoms with Crippen molar-refractivity contribution in [3.05, 3.63) is 39.7 Å². The number of rotatable bonds is 6. The maximum absolute atomic E-state index is 13.1. The Morgan fingerprint density at radius 2 is 1.85 bits per heavy atom. The van der Waals surface area contributed by atoms with Crippen LogP contribution in [-0.2, 0) is 0 Å². The van der Waals surface area contributed by atoms with Crippen LogP contribution >= 0.6 is 0 Å². The number of amides is 1. The molecule has 1 aromatic carbocycles. The molecule has 8 nitrogen and oxygen atoms in total. The summed E-state index contributed by atoms with van der Waals surface area (Å²) in [5.74, 6) is -1.99. The number of aliphatic hydroxyl groups excluding tert-OH is 3. The Kier molecular flexibility index (Phi) is 5.08. The normalized spacial score (nSPS) is 11.2. The second-order valence-electron chi connectivity index (χ2n) is 4.13. The van der Waals surface area contributed by atoms with Gasteiger partial charge in [-0.3, -0.25) is 14.9 Å². The van der Waals surface area contributed by atoms with Gasteiger partial charge < -0.3 is 20.6 Å². The van der Waals surface area contributed by atoms with E-state index in [9.17, 15) is 19.3 Å². The van der Waals surface area contributed by atoms with Crippen LogP contribution in [0, 0.1) is 15.9 Å². The van der Waals surface area contributed by atoms with Gasteiger partial charge in [-0.05, 0) is 12.1 Å². The summed E-state index contributed by atoms with van der Waals surface area (Å²) < 4.78 is 13.1. The molecule has 110 valence electrons. The molecule has 1 rings (SSSR count). The third-order valence-electron chi connectivity index (χ3n) is 2.69. The summed E-state index contributed by atoms with van der Waals surface area (Å²) in [6.45, 7) is -2.22. The van der Waals surface area contributed by atoms with Crippen molar-refractivity contribution in [1.82, 2.24) is 5.32 Å². The van der Waals surface area contributed by atoms with Crippen molar-refractivity contribution >= 4 is 11.6 Å². The number of nitrogens with one attached hydrogen (secondary N) is 1. The predicted molar refractivity (Wildman–Crippen MR) is 64.5 cm³/mol. The molecule has 0 fully saturated rings. The van der Waals surface area contributed by atoms with Crippen molar-refractivity contribution < 1.29 is 29.4 Å². The lowest BCUT2D eigenvalue weighted by atomic mass is 10.0. The van der Waals surface area contributed by atoms with Crippen LogP contribution in [-0.4, -0.2) is 51.5 Å². The highest BCUT2D eigenvalue weighted by Gasteiger charge is 2.31. The lowest BCUT2D eigenvalue weighted by molar-refractivity contribution is -0.387. The first-order valence-electron chi connectivity index (χ1n) is 5.48.